The Kier molecular flexibility index (Phi) is 16.8. The lowest BCUT2D eigenvalue weighted by Crippen LogP contribution is -2.33. The van der Waals surface area contributed by atoms with Gasteiger partial charge in [0, 0.05) is 13.1 Å². The second-order valence-electron chi connectivity index (χ2n) is 5.88. The average Bonchev–Trinajstić information content (AvgIpc) is 2.61. The fourth-order valence-electron chi connectivity index (χ4n) is 2.42. The van der Waals surface area contributed by atoms with Gasteiger partial charge in [-0.05, 0) is 45.4 Å². The zero-order valence-electron chi connectivity index (χ0n) is 15.5. The van der Waals surface area contributed by atoms with Gasteiger partial charge in [0.05, 0.1) is 52.9 Å². The molecule has 0 aromatic carbocycles. The standard InChI is InChI=1S/C17H37N3O5/c21-10-11-22-12-13-23-14-15-24-16-17-25-20-8-2-6-18-4-1-5-19-7-3-9-20/h18-19,21H,1-17H2. The van der Waals surface area contributed by atoms with Crippen molar-refractivity contribution in [1.82, 2.24) is 15.7 Å². The summed E-state index contributed by atoms with van der Waals surface area (Å²) in [7, 11) is 0. The fraction of sp³-hybridized carbons (Fsp3) is 1.00. The first-order valence-electron chi connectivity index (χ1n) is 9.57. The number of rotatable bonds is 12. The third-order valence-electron chi connectivity index (χ3n) is 3.71. The second-order valence-corrected chi connectivity index (χ2v) is 5.88. The van der Waals surface area contributed by atoms with Crippen molar-refractivity contribution in [3.63, 3.8) is 0 Å². The molecule has 0 bridgehead atoms. The largest absolute Gasteiger partial charge is 0.394 e. The lowest BCUT2D eigenvalue weighted by atomic mass is 10.3. The summed E-state index contributed by atoms with van der Waals surface area (Å²) in [5.41, 5.74) is 0. The van der Waals surface area contributed by atoms with Crippen LogP contribution >= 0.6 is 0 Å². The zero-order valence-corrected chi connectivity index (χ0v) is 15.5. The van der Waals surface area contributed by atoms with Crippen LogP contribution in [-0.2, 0) is 19.0 Å². The first-order chi connectivity index (χ1) is 12.4. The molecule has 1 fully saturated rings. The Balaban J connectivity index is 1.93. The number of hydrogen-bond acceptors (Lipinski definition) is 8. The van der Waals surface area contributed by atoms with E-state index in [-0.39, 0.29) is 6.61 Å². The van der Waals surface area contributed by atoms with E-state index in [9.17, 15) is 0 Å². The van der Waals surface area contributed by atoms with E-state index < -0.39 is 0 Å². The molecular weight excluding hydrogens is 326 g/mol. The number of hydrogen-bond donors (Lipinski definition) is 3. The van der Waals surface area contributed by atoms with Crippen molar-refractivity contribution in [3.05, 3.63) is 0 Å². The van der Waals surface area contributed by atoms with E-state index in [1.807, 2.05) is 0 Å². The van der Waals surface area contributed by atoms with Gasteiger partial charge in [-0.25, -0.2) is 0 Å². The summed E-state index contributed by atoms with van der Waals surface area (Å²) >= 11 is 0. The molecule has 8 heteroatoms. The topological polar surface area (TPSA) is 84.5 Å². The third kappa shape index (κ3) is 15.6. The SMILES string of the molecule is OCCOCCOCCOCCON1CCCNCCCNCCC1. The highest BCUT2D eigenvalue weighted by atomic mass is 16.7. The van der Waals surface area contributed by atoms with Crippen molar-refractivity contribution < 1.29 is 24.2 Å². The fourth-order valence-corrected chi connectivity index (χ4v) is 2.42. The molecule has 0 aliphatic carbocycles. The summed E-state index contributed by atoms with van der Waals surface area (Å²) in [6, 6.07) is 0. The van der Waals surface area contributed by atoms with Gasteiger partial charge in [0.15, 0.2) is 0 Å². The summed E-state index contributed by atoms with van der Waals surface area (Å²) in [5.74, 6) is 0. The predicted molar refractivity (Wildman–Crippen MR) is 96.7 cm³/mol. The van der Waals surface area contributed by atoms with Crippen LogP contribution < -0.4 is 10.6 Å². The first-order valence-corrected chi connectivity index (χ1v) is 9.57. The first kappa shape index (κ1) is 22.7. The molecule has 0 saturated carbocycles. The van der Waals surface area contributed by atoms with Gasteiger partial charge in [0.2, 0.25) is 0 Å². The predicted octanol–water partition coefficient (Wildman–Crippen LogP) is -0.375. The van der Waals surface area contributed by atoms with Crippen LogP contribution in [0, 0.1) is 0 Å². The van der Waals surface area contributed by atoms with Gasteiger partial charge in [-0.3, -0.25) is 4.84 Å². The molecule has 1 heterocycles. The van der Waals surface area contributed by atoms with Crippen molar-refractivity contribution in [3.8, 4) is 0 Å². The van der Waals surface area contributed by atoms with Gasteiger partial charge in [-0.2, -0.15) is 5.06 Å². The van der Waals surface area contributed by atoms with E-state index in [1.54, 1.807) is 0 Å². The van der Waals surface area contributed by atoms with E-state index in [4.69, 9.17) is 24.2 Å². The average molecular weight is 363 g/mol. The van der Waals surface area contributed by atoms with Crippen LogP contribution in [0.3, 0.4) is 0 Å². The number of hydroxylamine groups is 2. The minimum Gasteiger partial charge on any atom is -0.394 e. The van der Waals surface area contributed by atoms with Gasteiger partial charge in [-0.1, -0.05) is 0 Å². The van der Waals surface area contributed by atoms with Crippen LogP contribution in [0.4, 0.5) is 0 Å². The molecule has 1 rings (SSSR count). The summed E-state index contributed by atoms with van der Waals surface area (Å²) in [6.45, 7) is 9.80. The van der Waals surface area contributed by atoms with Crippen LogP contribution in [0.5, 0.6) is 0 Å². The molecule has 25 heavy (non-hydrogen) atoms. The van der Waals surface area contributed by atoms with E-state index in [0.29, 0.717) is 46.2 Å². The van der Waals surface area contributed by atoms with Crippen molar-refractivity contribution >= 4 is 0 Å². The van der Waals surface area contributed by atoms with E-state index in [2.05, 4.69) is 15.7 Å². The summed E-state index contributed by atoms with van der Waals surface area (Å²) in [6.07, 6.45) is 3.39. The van der Waals surface area contributed by atoms with Crippen molar-refractivity contribution in [2.45, 2.75) is 19.3 Å². The van der Waals surface area contributed by atoms with Crippen LogP contribution in [0.25, 0.3) is 0 Å². The summed E-state index contributed by atoms with van der Waals surface area (Å²) in [5, 5.41) is 17.5. The van der Waals surface area contributed by atoms with Gasteiger partial charge in [0.25, 0.3) is 0 Å². The molecule has 1 aliphatic heterocycles. The lowest BCUT2D eigenvalue weighted by Gasteiger charge is -2.22. The van der Waals surface area contributed by atoms with E-state index in [1.165, 1.54) is 6.42 Å². The zero-order chi connectivity index (χ0) is 17.8. The van der Waals surface area contributed by atoms with Crippen LogP contribution in [0.15, 0.2) is 0 Å². The number of nitrogens with one attached hydrogen (secondary N) is 2. The molecule has 3 N–H and O–H groups in total. The lowest BCUT2D eigenvalue weighted by molar-refractivity contribution is -0.171. The Labute approximate surface area is 152 Å². The van der Waals surface area contributed by atoms with E-state index in [0.717, 1.165) is 52.1 Å². The molecule has 0 unspecified atom stereocenters. The minimum absolute atomic E-state index is 0.0488. The monoisotopic (exact) mass is 363 g/mol. The maximum absolute atomic E-state index is 8.56. The molecule has 1 saturated heterocycles. The highest BCUT2D eigenvalue weighted by Crippen LogP contribution is 1.97. The Morgan fingerprint density at radius 1 is 0.640 bits per heavy atom. The Bertz CT molecular complexity index is 263. The summed E-state index contributed by atoms with van der Waals surface area (Å²) < 4.78 is 16.0. The molecule has 0 radical (unpaired) electrons. The van der Waals surface area contributed by atoms with Gasteiger partial charge < -0.3 is 30.0 Å². The number of ether oxygens (including phenoxy) is 3. The Morgan fingerprint density at radius 2 is 1.12 bits per heavy atom. The van der Waals surface area contributed by atoms with Gasteiger partial charge in [-0.15, -0.1) is 0 Å². The van der Waals surface area contributed by atoms with Crippen LogP contribution in [-0.4, -0.2) is 102 Å². The summed E-state index contributed by atoms with van der Waals surface area (Å²) in [4.78, 5) is 5.83. The molecular formula is C17H37N3O5. The molecule has 0 aromatic rings. The van der Waals surface area contributed by atoms with Crippen LogP contribution in [0.2, 0.25) is 0 Å². The molecule has 0 atom stereocenters. The van der Waals surface area contributed by atoms with Crippen molar-refractivity contribution in [2.24, 2.45) is 0 Å². The van der Waals surface area contributed by atoms with Gasteiger partial charge >= 0.3 is 0 Å². The maximum atomic E-state index is 8.56. The molecule has 1 aliphatic rings. The minimum atomic E-state index is 0.0488. The number of aliphatic hydroxyl groups excluding tert-OH is 1. The third-order valence-corrected chi connectivity index (χ3v) is 3.71. The number of aliphatic hydroxyl groups is 1. The van der Waals surface area contributed by atoms with E-state index >= 15 is 0 Å². The van der Waals surface area contributed by atoms with Crippen LogP contribution in [0.1, 0.15) is 19.3 Å². The molecule has 0 spiro atoms. The highest BCUT2D eigenvalue weighted by molar-refractivity contribution is 4.58. The normalized spacial score (nSPS) is 18.6. The Hall–Kier alpha value is -0.320. The highest BCUT2D eigenvalue weighted by Gasteiger charge is 2.06. The number of nitrogens with zero attached hydrogens (tertiary/aromatic N) is 1. The van der Waals surface area contributed by atoms with Crippen molar-refractivity contribution in [1.29, 1.82) is 0 Å². The quantitative estimate of drug-likeness (QED) is 0.405. The maximum Gasteiger partial charge on any atom is 0.0918 e. The molecule has 0 aromatic heterocycles. The molecule has 150 valence electrons. The second kappa shape index (κ2) is 18.5. The smallest absolute Gasteiger partial charge is 0.0918 e. The molecule has 8 nitrogen and oxygen atoms in total. The van der Waals surface area contributed by atoms with Crippen molar-refractivity contribution in [2.75, 3.05) is 92.1 Å². The van der Waals surface area contributed by atoms with Gasteiger partial charge in [0.1, 0.15) is 0 Å². The molecule has 0 amide bonds. The Morgan fingerprint density at radius 3 is 1.68 bits per heavy atom.